The molecule has 7 nitrogen and oxygen atoms in total. The van der Waals surface area contributed by atoms with E-state index in [4.69, 9.17) is 0 Å². The Morgan fingerprint density at radius 1 is 1.11 bits per heavy atom. The number of hydrogen-bond donors (Lipinski definition) is 3. The van der Waals surface area contributed by atoms with Crippen LogP contribution in [0.15, 0.2) is 42.5 Å². The molecule has 2 aromatic rings. The summed E-state index contributed by atoms with van der Waals surface area (Å²) in [6.45, 7) is 1.16. The maximum atomic E-state index is 13.5. The third-order valence-corrected chi connectivity index (χ3v) is 4.13. The predicted octanol–water partition coefficient (Wildman–Crippen LogP) is 2.25. The van der Waals surface area contributed by atoms with Crippen LogP contribution in [0.4, 0.5) is 25.0 Å². The second-order valence-corrected chi connectivity index (χ2v) is 6.11. The number of carbonyl (C=O) groups excluding carboxylic acids is 3. The quantitative estimate of drug-likeness (QED) is 0.709. The van der Waals surface area contributed by atoms with Gasteiger partial charge in [0.1, 0.15) is 11.6 Å². The number of amides is 4. The summed E-state index contributed by atoms with van der Waals surface area (Å²) in [6.07, 6.45) is -0.0230. The number of anilines is 2. The van der Waals surface area contributed by atoms with Crippen molar-refractivity contribution in [3.05, 3.63) is 59.7 Å². The molecule has 4 amide bonds. The van der Waals surface area contributed by atoms with Crippen LogP contribution in [0.1, 0.15) is 16.8 Å². The average Bonchev–Trinajstić information content (AvgIpc) is 3.08. The van der Waals surface area contributed by atoms with Crippen molar-refractivity contribution in [1.29, 1.82) is 0 Å². The molecule has 0 saturated carbocycles. The summed E-state index contributed by atoms with van der Waals surface area (Å²) in [6, 6.07) is 9.28. The molecule has 0 atom stereocenters. The van der Waals surface area contributed by atoms with Crippen molar-refractivity contribution < 1.29 is 23.2 Å². The molecule has 1 aliphatic rings. The Balaban J connectivity index is 1.46. The summed E-state index contributed by atoms with van der Waals surface area (Å²) in [7, 11) is 0. The van der Waals surface area contributed by atoms with E-state index in [-0.39, 0.29) is 30.5 Å². The van der Waals surface area contributed by atoms with E-state index in [1.807, 2.05) is 0 Å². The van der Waals surface area contributed by atoms with Crippen LogP contribution in [-0.4, -0.2) is 37.5 Å². The molecule has 0 unspecified atom stereocenters. The van der Waals surface area contributed by atoms with E-state index in [1.165, 1.54) is 0 Å². The molecule has 0 bridgehead atoms. The topological polar surface area (TPSA) is 90.5 Å². The number of halogens is 2. The van der Waals surface area contributed by atoms with Gasteiger partial charge in [0.2, 0.25) is 5.91 Å². The SMILES string of the molecule is O=C(CCNC(=O)c1ccc(F)cc1F)Nc1ccc(N2CCNC2=O)cc1. The molecule has 0 aliphatic carbocycles. The summed E-state index contributed by atoms with van der Waals surface area (Å²) in [4.78, 5) is 37.1. The second kappa shape index (κ2) is 8.47. The Kier molecular flexibility index (Phi) is 5.83. The fraction of sp³-hybridized carbons (Fsp3) is 0.211. The van der Waals surface area contributed by atoms with Gasteiger partial charge in [-0.05, 0) is 36.4 Å². The first-order valence-electron chi connectivity index (χ1n) is 8.62. The Bertz CT molecular complexity index is 903. The molecular weight excluding hydrogens is 370 g/mol. The highest BCUT2D eigenvalue weighted by molar-refractivity contribution is 5.96. The zero-order chi connectivity index (χ0) is 20.1. The molecule has 146 valence electrons. The van der Waals surface area contributed by atoms with Crippen molar-refractivity contribution in [2.24, 2.45) is 0 Å². The maximum Gasteiger partial charge on any atom is 0.321 e. The first-order chi connectivity index (χ1) is 13.4. The number of urea groups is 1. The molecule has 9 heteroatoms. The second-order valence-electron chi connectivity index (χ2n) is 6.11. The largest absolute Gasteiger partial charge is 0.351 e. The number of benzene rings is 2. The highest BCUT2D eigenvalue weighted by Crippen LogP contribution is 2.19. The summed E-state index contributed by atoms with van der Waals surface area (Å²) >= 11 is 0. The fourth-order valence-corrected chi connectivity index (χ4v) is 2.72. The predicted molar refractivity (Wildman–Crippen MR) is 99.1 cm³/mol. The van der Waals surface area contributed by atoms with E-state index >= 15 is 0 Å². The number of hydrogen-bond acceptors (Lipinski definition) is 3. The highest BCUT2D eigenvalue weighted by atomic mass is 19.1. The molecule has 28 heavy (non-hydrogen) atoms. The third kappa shape index (κ3) is 4.61. The van der Waals surface area contributed by atoms with Gasteiger partial charge in [0.05, 0.1) is 5.56 Å². The normalized spacial score (nSPS) is 13.2. The van der Waals surface area contributed by atoms with Gasteiger partial charge in [0.15, 0.2) is 0 Å². The molecule has 1 heterocycles. The maximum absolute atomic E-state index is 13.5. The molecule has 1 saturated heterocycles. The average molecular weight is 388 g/mol. The lowest BCUT2D eigenvalue weighted by Crippen LogP contribution is -2.28. The number of nitrogens with zero attached hydrogens (tertiary/aromatic N) is 1. The minimum atomic E-state index is -0.964. The Morgan fingerprint density at radius 2 is 1.86 bits per heavy atom. The van der Waals surface area contributed by atoms with Crippen molar-refractivity contribution in [1.82, 2.24) is 10.6 Å². The van der Waals surface area contributed by atoms with Crippen LogP contribution in [0.3, 0.4) is 0 Å². The summed E-state index contributed by atoms with van der Waals surface area (Å²) < 4.78 is 26.4. The molecular formula is C19H18F2N4O3. The van der Waals surface area contributed by atoms with Crippen LogP contribution in [0.25, 0.3) is 0 Å². The number of carbonyl (C=O) groups is 3. The van der Waals surface area contributed by atoms with E-state index in [1.54, 1.807) is 29.2 Å². The van der Waals surface area contributed by atoms with Gasteiger partial charge in [0.25, 0.3) is 5.91 Å². The molecule has 3 N–H and O–H groups in total. The van der Waals surface area contributed by atoms with E-state index in [0.717, 1.165) is 17.8 Å². The summed E-state index contributed by atoms with van der Waals surface area (Å²) in [5.74, 6) is -2.80. The lowest BCUT2D eigenvalue weighted by atomic mass is 10.2. The number of nitrogens with one attached hydrogen (secondary N) is 3. The lowest BCUT2D eigenvalue weighted by Gasteiger charge is -2.14. The molecule has 1 aliphatic heterocycles. The Labute approximate surface area is 159 Å². The van der Waals surface area contributed by atoms with Gasteiger partial charge in [-0.3, -0.25) is 14.5 Å². The summed E-state index contributed by atoms with van der Waals surface area (Å²) in [5, 5.41) is 7.79. The molecule has 0 aromatic heterocycles. The minimum absolute atomic E-state index is 0.00643. The molecule has 0 spiro atoms. The van der Waals surface area contributed by atoms with Crippen molar-refractivity contribution in [2.45, 2.75) is 6.42 Å². The summed E-state index contributed by atoms with van der Waals surface area (Å²) in [5.41, 5.74) is 0.981. The monoisotopic (exact) mass is 388 g/mol. The van der Waals surface area contributed by atoms with Crippen molar-refractivity contribution in [3.63, 3.8) is 0 Å². The standard InChI is InChI=1S/C19H18F2N4O3/c20-12-1-6-15(16(21)11-12)18(27)22-8-7-17(26)24-13-2-4-14(5-3-13)25-10-9-23-19(25)28/h1-6,11H,7-10H2,(H,22,27)(H,23,28)(H,24,26). The van der Waals surface area contributed by atoms with E-state index in [9.17, 15) is 23.2 Å². The Morgan fingerprint density at radius 3 is 2.50 bits per heavy atom. The van der Waals surface area contributed by atoms with Gasteiger partial charge in [-0.1, -0.05) is 0 Å². The van der Waals surface area contributed by atoms with Gasteiger partial charge < -0.3 is 16.0 Å². The fourth-order valence-electron chi connectivity index (χ4n) is 2.72. The van der Waals surface area contributed by atoms with Gasteiger partial charge in [-0.2, -0.15) is 0 Å². The molecule has 2 aromatic carbocycles. The van der Waals surface area contributed by atoms with Gasteiger partial charge in [-0.15, -0.1) is 0 Å². The van der Waals surface area contributed by atoms with E-state index in [2.05, 4.69) is 16.0 Å². The first kappa shape index (κ1) is 19.3. The van der Waals surface area contributed by atoms with Gasteiger partial charge >= 0.3 is 6.03 Å². The number of rotatable bonds is 6. The zero-order valence-corrected chi connectivity index (χ0v) is 14.8. The van der Waals surface area contributed by atoms with Crippen LogP contribution in [0, 0.1) is 11.6 Å². The minimum Gasteiger partial charge on any atom is -0.351 e. The van der Waals surface area contributed by atoms with Gasteiger partial charge in [0, 0.05) is 43.5 Å². The van der Waals surface area contributed by atoms with Gasteiger partial charge in [-0.25, -0.2) is 13.6 Å². The van der Waals surface area contributed by atoms with Crippen LogP contribution < -0.4 is 20.9 Å². The third-order valence-electron chi connectivity index (χ3n) is 4.13. The smallest absolute Gasteiger partial charge is 0.321 e. The zero-order valence-electron chi connectivity index (χ0n) is 14.8. The lowest BCUT2D eigenvalue weighted by molar-refractivity contribution is -0.116. The van der Waals surface area contributed by atoms with Crippen LogP contribution in [0.2, 0.25) is 0 Å². The molecule has 1 fully saturated rings. The molecule has 3 rings (SSSR count). The first-order valence-corrected chi connectivity index (χ1v) is 8.62. The van der Waals surface area contributed by atoms with Crippen molar-refractivity contribution in [2.75, 3.05) is 29.9 Å². The van der Waals surface area contributed by atoms with E-state index < -0.39 is 17.5 Å². The molecule has 0 radical (unpaired) electrons. The Hall–Kier alpha value is -3.49. The van der Waals surface area contributed by atoms with Crippen LogP contribution in [0.5, 0.6) is 0 Å². The highest BCUT2D eigenvalue weighted by Gasteiger charge is 2.20. The van der Waals surface area contributed by atoms with Crippen LogP contribution in [-0.2, 0) is 4.79 Å². The van der Waals surface area contributed by atoms with Crippen LogP contribution >= 0.6 is 0 Å². The van der Waals surface area contributed by atoms with E-state index in [0.29, 0.717) is 24.8 Å². The van der Waals surface area contributed by atoms with Crippen molar-refractivity contribution >= 4 is 29.2 Å². The van der Waals surface area contributed by atoms with Crippen molar-refractivity contribution in [3.8, 4) is 0 Å².